The number of hydrogen-bond acceptors (Lipinski definition) is 3. The van der Waals surface area contributed by atoms with Crippen molar-refractivity contribution in [1.82, 2.24) is 0 Å². The molecule has 6 rings (SSSR count). The van der Waals surface area contributed by atoms with Gasteiger partial charge in [0.05, 0.1) is 25.6 Å². The van der Waals surface area contributed by atoms with E-state index in [-0.39, 0.29) is 23.3 Å². The highest BCUT2D eigenvalue weighted by atomic mass is 16.5. The first-order chi connectivity index (χ1) is 12.0. The fourth-order valence-electron chi connectivity index (χ4n) is 7.15. The molecule has 2 N–H and O–H groups in total. The number of rotatable bonds is 2. The highest BCUT2D eigenvalue weighted by Crippen LogP contribution is 2.66. The van der Waals surface area contributed by atoms with Gasteiger partial charge >= 0.3 is 0 Å². The monoisotopic (exact) mass is 342 g/mol. The fourth-order valence-corrected chi connectivity index (χ4v) is 7.15. The topological polar surface area (TPSA) is 49.7 Å². The van der Waals surface area contributed by atoms with E-state index in [1.54, 1.807) is 6.07 Å². The Labute approximate surface area is 149 Å². The Morgan fingerprint density at radius 2 is 2.08 bits per heavy atom. The minimum atomic E-state index is -0.691. The van der Waals surface area contributed by atoms with Crippen LogP contribution in [0.1, 0.15) is 49.7 Å². The Balaban J connectivity index is 1.58. The highest BCUT2D eigenvalue weighted by Gasteiger charge is 2.74. The average molecular weight is 342 g/mol. The molecule has 2 bridgehead atoms. The first-order valence-corrected chi connectivity index (χ1v) is 10.1. The van der Waals surface area contributed by atoms with Crippen LogP contribution < -0.4 is 4.74 Å². The molecular weight excluding hydrogens is 314 g/mol. The Morgan fingerprint density at radius 3 is 2.88 bits per heavy atom. The normalized spacial score (nSPS) is 46.5. The van der Waals surface area contributed by atoms with Crippen molar-refractivity contribution in [3.8, 4) is 11.5 Å². The standard InChI is InChI=1S/C21H27NO3/c1-22(12-13-4-5-13)10-9-20-17-3-2-8-21(20,24)16(22)11-14-6-7-15(23)19(25-17)18(14)20/h6-7,13,16-17,24H,2-5,8-12H2,1H3/p+1/t16-,17+,20-,21-,22-/m1/s1. The summed E-state index contributed by atoms with van der Waals surface area (Å²) in [4.78, 5) is 0. The van der Waals surface area contributed by atoms with Gasteiger partial charge < -0.3 is 19.4 Å². The second-order valence-corrected chi connectivity index (χ2v) is 9.64. The third-order valence-corrected chi connectivity index (χ3v) is 8.38. The lowest BCUT2D eigenvalue weighted by Gasteiger charge is -2.64. The number of quaternary nitrogens is 1. The van der Waals surface area contributed by atoms with E-state index in [1.165, 1.54) is 24.9 Å². The molecule has 4 heteroatoms. The van der Waals surface area contributed by atoms with Crippen LogP contribution in [0.25, 0.3) is 0 Å². The number of benzene rings is 1. The molecule has 4 nitrogen and oxygen atoms in total. The Bertz CT molecular complexity index is 775. The van der Waals surface area contributed by atoms with Gasteiger partial charge in [0.1, 0.15) is 17.7 Å². The molecule has 2 saturated carbocycles. The van der Waals surface area contributed by atoms with Crippen LogP contribution in [0.5, 0.6) is 11.5 Å². The van der Waals surface area contributed by atoms with Crippen LogP contribution in [0.4, 0.5) is 0 Å². The van der Waals surface area contributed by atoms with E-state index in [2.05, 4.69) is 13.1 Å². The number of likely N-dealkylation sites (N-methyl/N-ethyl adjacent to an activating group) is 1. The van der Waals surface area contributed by atoms with Crippen molar-refractivity contribution in [2.75, 3.05) is 20.1 Å². The lowest BCUT2D eigenvalue weighted by Crippen LogP contribution is -2.79. The maximum Gasteiger partial charge on any atom is 0.165 e. The zero-order chi connectivity index (χ0) is 17.0. The van der Waals surface area contributed by atoms with Gasteiger partial charge in [-0.25, -0.2) is 0 Å². The van der Waals surface area contributed by atoms with Crippen molar-refractivity contribution >= 4 is 0 Å². The van der Waals surface area contributed by atoms with Gasteiger partial charge in [0.15, 0.2) is 11.5 Å². The molecule has 1 aromatic carbocycles. The predicted octanol–water partition coefficient (Wildman–Crippen LogP) is 2.49. The van der Waals surface area contributed by atoms with E-state index in [9.17, 15) is 10.2 Å². The molecule has 5 atom stereocenters. The number of aromatic hydroxyl groups is 1. The summed E-state index contributed by atoms with van der Waals surface area (Å²) in [5, 5.41) is 22.6. The number of aliphatic hydroxyl groups is 1. The molecule has 25 heavy (non-hydrogen) atoms. The molecule has 0 amide bonds. The van der Waals surface area contributed by atoms with E-state index in [4.69, 9.17) is 4.74 Å². The van der Waals surface area contributed by atoms with Crippen LogP contribution in [-0.2, 0) is 11.8 Å². The summed E-state index contributed by atoms with van der Waals surface area (Å²) in [6.45, 7) is 2.34. The van der Waals surface area contributed by atoms with Crippen molar-refractivity contribution < 1.29 is 19.4 Å². The summed E-state index contributed by atoms with van der Waals surface area (Å²) < 4.78 is 7.34. The molecule has 3 aliphatic carbocycles. The van der Waals surface area contributed by atoms with Crippen molar-refractivity contribution in [3.63, 3.8) is 0 Å². The van der Waals surface area contributed by atoms with Gasteiger partial charge in [-0.05, 0) is 43.7 Å². The molecule has 1 spiro atoms. The highest BCUT2D eigenvalue weighted by molar-refractivity contribution is 5.61. The smallest absolute Gasteiger partial charge is 0.165 e. The fraction of sp³-hybridized carbons (Fsp3) is 0.714. The third kappa shape index (κ3) is 1.58. The predicted molar refractivity (Wildman–Crippen MR) is 93.8 cm³/mol. The summed E-state index contributed by atoms with van der Waals surface area (Å²) in [5.74, 6) is 1.79. The van der Waals surface area contributed by atoms with Gasteiger partial charge in [0.2, 0.25) is 0 Å². The summed E-state index contributed by atoms with van der Waals surface area (Å²) in [5.41, 5.74) is 1.49. The zero-order valence-corrected chi connectivity index (χ0v) is 15.0. The number of phenols is 1. The van der Waals surface area contributed by atoms with Gasteiger partial charge in [0, 0.05) is 24.3 Å². The van der Waals surface area contributed by atoms with Gasteiger partial charge in [-0.15, -0.1) is 0 Å². The Morgan fingerprint density at radius 1 is 1.24 bits per heavy atom. The number of ether oxygens (including phenoxy) is 1. The van der Waals surface area contributed by atoms with E-state index in [0.717, 1.165) is 54.6 Å². The second-order valence-electron chi connectivity index (χ2n) is 9.64. The van der Waals surface area contributed by atoms with E-state index >= 15 is 0 Å². The zero-order valence-electron chi connectivity index (χ0n) is 15.0. The van der Waals surface area contributed by atoms with Crippen LogP contribution in [0.2, 0.25) is 0 Å². The molecule has 5 aliphatic rings. The molecule has 0 radical (unpaired) electrons. The van der Waals surface area contributed by atoms with E-state index in [0.29, 0.717) is 5.75 Å². The van der Waals surface area contributed by atoms with Crippen molar-refractivity contribution in [3.05, 3.63) is 23.3 Å². The third-order valence-electron chi connectivity index (χ3n) is 8.38. The maximum absolute atomic E-state index is 12.2. The minimum Gasteiger partial charge on any atom is -0.504 e. The molecule has 2 heterocycles. The molecule has 0 unspecified atom stereocenters. The van der Waals surface area contributed by atoms with Gasteiger partial charge in [-0.2, -0.15) is 0 Å². The molecule has 1 saturated heterocycles. The summed E-state index contributed by atoms with van der Waals surface area (Å²) in [7, 11) is 2.39. The lowest BCUT2D eigenvalue weighted by atomic mass is 9.48. The van der Waals surface area contributed by atoms with Crippen molar-refractivity contribution in [1.29, 1.82) is 0 Å². The number of phenolic OH excluding ortho intramolecular Hbond substituents is 1. The molecule has 134 valence electrons. The Kier molecular flexibility index (Phi) is 2.58. The quantitative estimate of drug-likeness (QED) is 0.812. The molecule has 1 aromatic rings. The summed E-state index contributed by atoms with van der Waals surface area (Å²) in [6, 6.07) is 4.15. The van der Waals surface area contributed by atoms with Gasteiger partial charge in [-0.1, -0.05) is 6.07 Å². The Hall–Kier alpha value is -1.26. The van der Waals surface area contributed by atoms with Crippen LogP contribution in [0.3, 0.4) is 0 Å². The van der Waals surface area contributed by atoms with Crippen LogP contribution >= 0.6 is 0 Å². The van der Waals surface area contributed by atoms with E-state index < -0.39 is 5.60 Å². The molecule has 0 aromatic heterocycles. The number of nitrogens with zero attached hydrogens (tertiary/aromatic N) is 1. The molecule has 2 aliphatic heterocycles. The van der Waals surface area contributed by atoms with E-state index in [1.807, 2.05) is 0 Å². The first kappa shape index (κ1) is 14.9. The van der Waals surface area contributed by atoms with Crippen molar-refractivity contribution in [2.45, 2.75) is 68.1 Å². The number of piperidine rings is 1. The lowest BCUT2D eigenvalue weighted by molar-refractivity contribution is -0.950. The SMILES string of the molecule is C[N@+]1(CC2CC2)CC[C@]23c4c5ccc(O)c4O[C@H]2CCC[C@@]3(O)[C@H]1C5. The maximum atomic E-state index is 12.2. The summed E-state index contributed by atoms with van der Waals surface area (Å²) >= 11 is 0. The minimum absolute atomic E-state index is 0.0331. The van der Waals surface area contributed by atoms with Crippen LogP contribution in [0, 0.1) is 5.92 Å². The largest absolute Gasteiger partial charge is 0.504 e. The van der Waals surface area contributed by atoms with Gasteiger partial charge in [-0.3, -0.25) is 0 Å². The van der Waals surface area contributed by atoms with Gasteiger partial charge in [0.25, 0.3) is 0 Å². The van der Waals surface area contributed by atoms with Crippen molar-refractivity contribution in [2.24, 2.45) is 5.92 Å². The molecular formula is C21H28NO3+. The van der Waals surface area contributed by atoms with Crippen LogP contribution in [-0.4, -0.2) is 52.6 Å². The first-order valence-electron chi connectivity index (χ1n) is 10.1. The number of likely N-dealkylation sites (tertiary alicyclic amines) is 1. The molecule has 3 fully saturated rings. The average Bonchev–Trinajstić information content (AvgIpc) is 3.30. The van der Waals surface area contributed by atoms with Crippen LogP contribution in [0.15, 0.2) is 12.1 Å². The second kappa shape index (κ2) is 4.34. The number of hydrogen-bond donors (Lipinski definition) is 2. The summed E-state index contributed by atoms with van der Waals surface area (Å²) in [6.07, 6.45) is 7.56.